The van der Waals surface area contributed by atoms with E-state index in [9.17, 15) is 5.26 Å². The predicted octanol–water partition coefficient (Wildman–Crippen LogP) is 3.30. The van der Waals surface area contributed by atoms with E-state index in [1.807, 2.05) is 24.3 Å². The van der Waals surface area contributed by atoms with Gasteiger partial charge in [-0.3, -0.25) is 4.90 Å². The second-order valence-corrected chi connectivity index (χ2v) is 8.68. The quantitative estimate of drug-likeness (QED) is 0.682. The first kappa shape index (κ1) is 22.3. The Bertz CT molecular complexity index is 996. The number of aromatic nitrogens is 1. The van der Waals surface area contributed by atoms with Gasteiger partial charge in [0, 0.05) is 38.2 Å². The zero-order chi connectivity index (χ0) is 22.6. The molecule has 0 atom stereocenters. The number of hydrogen-bond acceptors (Lipinski definition) is 8. The summed E-state index contributed by atoms with van der Waals surface area (Å²) >= 11 is 0. The van der Waals surface area contributed by atoms with Crippen LogP contribution in [0.3, 0.4) is 0 Å². The minimum Gasteiger partial charge on any atom is -0.495 e. The highest BCUT2D eigenvalue weighted by Crippen LogP contribution is 2.38. The van der Waals surface area contributed by atoms with Crippen LogP contribution in [0, 0.1) is 11.3 Å². The van der Waals surface area contributed by atoms with E-state index in [1.54, 1.807) is 7.11 Å². The highest BCUT2D eigenvalue weighted by atomic mass is 16.5. The van der Waals surface area contributed by atoms with Gasteiger partial charge in [0.1, 0.15) is 17.6 Å². The molecule has 2 aromatic rings. The third-order valence-corrected chi connectivity index (χ3v) is 5.92. The number of ether oxygens (including phenoxy) is 3. The third-order valence-electron chi connectivity index (χ3n) is 5.92. The number of benzene rings is 1. The summed E-state index contributed by atoms with van der Waals surface area (Å²) in [6, 6.07) is 10.0. The molecule has 170 valence electrons. The summed E-state index contributed by atoms with van der Waals surface area (Å²) in [6.45, 7) is 9.63. The Morgan fingerprint density at radius 2 is 1.97 bits per heavy atom. The van der Waals surface area contributed by atoms with Gasteiger partial charge in [-0.05, 0) is 31.5 Å². The van der Waals surface area contributed by atoms with Crippen molar-refractivity contribution in [3.05, 3.63) is 41.0 Å². The highest BCUT2D eigenvalue weighted by Gasteiger charge is 2.32. The monoisotopic (exact) mass is 437 g/mol. The summed E-state index contributed by atoms with van der Waals surface area (Å²) in [5, 5.41) is 16.9. The van der Waals surface area contributed by atoms with Crippen LogP contribution < -0.4 is 15.4 Å². The van der Waals surface area contributed by atoms with E-state index in [2.05, 4.69) is 35.5 Å². The molecule has 8 heteroatoms. The molecule has 32 heavy (non-hydrogen) atoms. The number of nitrogens with zero attached hydrogens (tertiary/aromatic N) is 3. The Labute approximate surface area is 189 Å². The van der Waals surface area contributed by atoms with Crippen LogP contribution in [0.2, 0.25) is 0 Å². The maximum absolute atomic E-state index is 10.0. The van der Waals surface area contributed by atoms with Crippen molar-refractivity contribution in [2.75, 3.05) is 57.1 Å². The number of anilines is 3. The van der Waals surface area contributed by atoms with Crippen molar-refractivity contribution >= 4 is 17.3 Å². The van der Waals surface area contributed by atoms with Crippen LogP contribution in [0.1, 0.15) is 30.5 Å². The first-order chi connectivity index (χ1) is 15.5. The van der Waals surface area contributed by atoms with E-state index in [4.69, 9.17) is 19.2 Å². The Morgan fingerprint density at radius 3 is 2.72 bits per heavy atom. The molecular formula is C24H31N5O3. The van der Waals surface area contributed by atoms with Crippen molar-refractivity contribution in [1.82, 2.24) is 9.88 Å². The number of morpholine rings is 1. The van der Waals surface area contributed by atoms with E-state index < -0.39 is 0 Å². The molecule has 0 radical (unpaired) electrons. The van der Waals surface area contributed by atoms with Crippen molar-refractivity contribution in [2.45, 2.75) is 32.5 Å². The molecule has 0 bridgehead atoms. The average Bonchev–Trinajstić information content (AvgIpc) is 2.79. The lowest BCUT2D eigenvalue weighted by Crippen LogP contribution is -2.39. The summed E-state index contributed by atoms with van der Waals surface area (Å²) < 4.78 is 17.0. The molecule has 0 amide bonds. The predicted molar refractivity (Wildman–Crippen MR) is 124 cm³/mol. The second-order valence-electron chi connectivity index (χ2n) is 8.68. The molecule has 1 aromatic heterocycles. The number of fused-ring (bicyclic) bond motifs is 1. The van der Waals surface area contributed by atoms with Crippen LogP contribution >= 0.6 is 0 Å². The molecule has 1 aromatic carbocycles. The maximum atomic E-state index is 10.0. The van der Waals surface area contributed by atoms with Gasteiger partial charge in [-0.2, -0.15) is 5.26 Å². The zero-order valence-corrected chi connectivity index (χ0v) is 19.0. The average molecular weight is 438 g/mol. The number of rotatable bonds is 7. The van der Waals surface area contributed by atoms with Gasteiger partial charge < -0.3 is 24.8 Å². The molecule has 0 spiro atoms. The SMILES string of the molecule is COc1ccccc1Nc1nc(NCCN2CCOCC2)c2c(c1C#N)CC(C)(C)OC2. The Kier molecular flexibility index (Phi) is 6.80. The summed E-state index contributed by atoms with van der Waals surface area (Å²) in [6.07, 6.45) is 0.645. The molecular weight excluding hydrogens is 406 g/mol. The molecule has 1 saturated heterocycles. The number of methoxy groups -OCH3 is 1. The van der Waals surface area contributed by atoms with E-state index in [-0.39, 0.29) is 5.60 Å². The van der Waals surface area contributed by atoms with E-state index in [1.165, 1.54) is 0 Å². The fourth-order valence-corrected chi connectivity index (χ4v) is 4.16. The van der Waals surface area contributed by atoms with Gasteiger partial charge in [0.05, 0.1) is 43.8 Å². The fourth-order valence-electron chi connectivity index (χ4n) is 4.16. The smallest absolute Gasteiger partial charge is 0.151 e. The van der Waals surface area contributed by atoms with Gasteiger partial charge in [-0.1, -0.05) is 12.1 Å². The normalized spacial score (nSPS) is 17.8. The second kappa shape index (κ2) is 9.74. The molecule has 0 aliphatic carbocycles. The highest BCUT2D eigenvalue weighted by molar-refractivity contribution is 5.73. The number of hydrogen-bond donors (Lipinski definition) is 2. The topological polar surface area (TPSA) is 91.7 Å². The van der Waals surface area contributed by atoms with Crippen molar-refractivity contribution in [3.63, 3.8) is 0 Å². The summed E-state index contributed by atoms with van der Waals surface area (Å²) in [5.41, 5.74) is 2.94. The van der Waals surface area contributed by atoms with Gasteiger partial charge in [-0.15, -0.1) is 0 Å². The molecule has 0 saturated carbocycles. The van der Waals surface area contributed by atoms with Gasteiger partial charge in [0.15, 0.2) is 5.82 Å². The van der Waals surface area contributed by atoms with Crippen molar-refractivity contribution < 1.29 is 14.2 Å². The van der Waals surface area contributed by atoms with Crippen LogP contribution in [-0.4, -0.2) is 62.0 Å². The first-order valence-electron chi connectivity index (χ1n) is 11.0. The molecule has 4 rings (SSSR count). The van der Waals surface area contributed by atoms with Crippen LogP contribution in [-0.2, 0) is 22.5 Å². The number of nitrogens with one attached hydrogen (secondary N) is 2. The van der Waals surface area contributed by atoms with E-state index >= 15 is 0 Å². The van der Waals surface area contributed by atoms with Crippen LogP contribution in [0.15, 0.2) is 24.3 Å². The van der Waals surface area contributed by atoms with E-state index in [0.717, 1.165) is 62.0 Å². The van der Waals surface area contributed by atoms with Gasteiger partial charge in [-0.25, -0.2) is 4.98 Å². The minimum absolute atomic E-state index is 0.341. The van der Waals surface area contributed by atoms with Crippen molar-refractivity contribution in [3.8, 4) is 11.8 Å². The maximum Gasteiger partial charge on any atom is 0.151 e. The Balaban J connectivity index is 1.65. The standard InChI is InChI=1S/C24H31N5O3/c1-24(2)14-17-18(15-25)23(27-20-6-4-5-7-21(20)30-3)28-22(19(17)16-32-24)26-8-9-29-10-12-31-13-11-29/h4-7H,8-14,16H2,1-3H3,(H2,26,27,28). The summed E-state index contributed by atoms with van der Waals surface area (Å²) in [7, 11) is 1.63. The molecule has 2 N–H and O–H groups in total. The van der Waals surface area contributed by atoms with Gasteiger partial charge >= 0.3 is 0 Å². The molecule has 2 aliphatic rings. The number of para-hydroxylation sites is 2. The Morgan fingerprint density at radius 1 is 1.19 bits per heavy atom. The minimum atomic E-state index is -0.341. The number of pyridine rings is 1. The lowest BCUT2D eigenvalue weighted by atomic mass is 9.89. The van der Waals surface area contributed by atoms with Crippen molar-refractivity contribution in [2.24, 2.45) is 0 Å². The Hall–Kier alpha value is -2.86. The first-order valence-corrected chi connectivity index (χ1v) is 11.0. The van der Waals surface area contributed by atoms with Crippen LogP contribution in [0.4, 0.5) is 17.3 Å². The van der Waals surface area contributed by atoms with Crippen LogP contribution in [0.25, 0.3) is 0 Å². The lowest BCUT2D eigenvalue weighted by Gasteiger charge is -2.34. The van der Waals surface area contributed by atoms with Crippen molar-refractivity contribution in [1.29, 1.82) is 5.26 Å². The molecule has 8 nitrogen and oxygen atoms in total. The molecule has 1 fully saturated rings. The molecule has 2 aliphatic heterocycles. The third kappa shape index (κ3) is 4.96. The van der Waals surface area contributed by atoms with Crippen LogP contribution in [0.5, 0.6) is 5.75 Å². The van der Waals surface area contributed by atoms with E-state index in [0.29, 0.717) is 30.2 Å². The lowest BCUT2D eigenvalue weighted by molar-refractivity contribution is -0.0399. The van der Waals surface area contributed by atoms with Gasteiger partial charge in [0.2, 0.25) is 0 Å². The fraction of sp³-hybridized carbons (Fsp3) is 0.500. The van der Waals surface area contributed by atoms with Gasteiger partial charge in [0.25, 0.3) is 0 Å². The summed E-state index contributed by atoms with van der Waals surface area (Å²) in [4.78, 5) is 7.21. The summed E-state index contributed by atoms with van der Waals surface area (Å²) in [5.74, 6) is 1.99. The zero-order valence-electron chi connectivity index (χ0n) is 19.0. The number of nitriles is 1. The largest absolute Gasteiger partial charge is 0.495 e. The molecule has 0 unspecified atom stereocenters. The molecule has 3 heterocycles.